The third kappa shape index (κ3) is 4.21. The van der Waals surface area contributed by atoms with E-state index in [-0.39, 0.29) is 0 Å². The summed E-state index contributed by atoms with van der Waals surface area (Å²) < 4.78 is 20.3. The van der Waals surface area contributed by atoms with E-state index in [0.717, 1.165) is 6.92 Å². The number of aliphatic hydroxyl groups is 7. The molecule has 2 aliphatic rings. The number of carbonyl (C=O) groups is 1. The topological polar surface area (TPSA) is 196 Å². The molecule has 2 rings (SSSR count). The molecule has 0 aromatic rings. The third-order valence-corrected chi connectivity index (χ3v) is 4.84. The molecule has 1 unspecified atom stereocenters. The fraction of sp³-hybridized carbons (Fsp3) is 0.929. The molecule has 2 saturated heterocycles. The molecule has 0 bridgehead atoms. The lowest BCUT2D eigenvalue weighted by atomic mass is 9.95. The van der Waals surface area contributed by atoms with Gasteiger partial charge in [0.1, 0.15) is 36.6 Å². The molecule has 2 heterocycles. The highest BCUT2D eigenvalue weighted by Crippen LogP contribution is 2.40. The molecule has 158 valence electrons. The van der Waals surface area contributed by atoms with Crippen LogP contribution in [0.2, 0.25) is 0 Å². The molecule has 27 heavy (non-hydrogen) atoms. The molecule has 9 atom stereocenters. The van der Waals surface area contributed by atoms with Crippen LogP contribution < -0.4 is 0 Å². The van der Waals surface area contributed by atoms with E-state index in [1.54, 1.807) is 0 Å². The van der Waals surface area contributed by atoms with Crippen molar-refractivity contribution >= 4 is 17.6 Å². The Morgan fingerprint density at radius 1 is 1.22 bits per heavy atom. The minimum absolute atomic E-state index is 0.528. The predicted octanol–water partition coefficient (Wildman–Crippen LogP) is -4.26. The van der Waals surface area contributed by atoms with Gasteiger partial charge in [-0.3, -0.25) is 4.79 Å². The maximum Gasteiger partial charge on any atom is 0.304 e. The average Bonchev–Trinajstić information content (AvgIpc) is 2.61. The number of esters is 1. The molecule has 2 fully saturated rings. The van der Waals surface area contributed by atoms with E-state index >= 15 is 0 Å². The monoisotopic (exact) mass is 418 g/mol. The Balaban J connectivity index is 2.36. The number of alkyl halides is 1. The van der Waals surface area contributed by atoms with E-state index in [4.69, 9.17) is 30.5 Å². The van der Waals surface area contributed by atoms with E-state index in [2.05, 4.69) is 0 Å². The van der Waals surface area contributed by atoms with Crippen LogP contribution in [0.4, 0.5) is 0 Å². The Bertz CT molecular complexity index is 536. The second kappa shape index (κ2) is 8.39. The minimum Gasteiger partial charge on any atom is -0.435 e. The summed E-state index contributed by atoms with van der Waals surface area (Å²) in [5, 5.41) is 66.6. The van der Waals surface area contributed by atoms with Gasteiger partial charge in [-0.25, -0.2) is 0 Å². The summed E-state index contributed by atoms with van der Waals surface area (Å²) in [6, 6.07) is 0. The van der Waals surface area contributed by atoms with Crippen LogP contribution in [0.5, 0.6) is 0 Å². The number of rotatable bonds is 5. The molecular formula is C14H23ClO12. The van der Waals surface area contributed by atoms with Crippen LogP contribution in [-0.2, 0) is 23.7 Å². The van der Waals surface area contributed by atoms with Gasteiger partial charge in [0, 0.05) is 6.92 Å². The number of halogens is 1. The zero-order chi connectivity index (χ0) is 20.6. The molecule has 13 heteroatoms. The highest BCUT2D eigenvalue weighted by molar-refractivity contribution is 6.24. The van der Waals surface area contributed by atoms with Gasteiger partial charge in [0.2, 0.25) is 12.1 Å². The molecule has 0 radical (unpaired) electrons. The predicted molar refractivity (Wildman–Crippen MR) is 83.0 cm³/mol. The van der Waals surface area contributed by atoms with Crippen molar-refractivity contribution in [1.82, 2.24) is 0 Å². The number of hydrogen-bond donors (Lipinski definition) is 7. The maximum atomic E-state index is 11.4. The van der Waals surface area contributed by atoms with Gasteiger partial charge >= 0.3 is 5.97 Å². The van der Waals surface area contributed by atoms with Crippen molar-refractivity contribution in [2.24, 2.45) is 0 Å². The fourth-order valence-electron chi connectivity index (χ4n) is 2.85. The van der Waals surface area contributed by atoms with Gasteiger partial charge in [-0.2, -0.15) is 0 Å². The summed E-state index contributed by atoms with van der Waals surface area (Å²) in [5.41, 5.74) is 0. The lowest BCUT2D eigenvalue weighted by Gasteiger charge is -2.50. The first-order chi connectivity index (χ1) is 12.5. The van der Waals surface area contributed by atoms with Crippen molar-refractivity contribution in [1.29, 1.82) is 0 Å². The second-order valence-corrected chi connectivity index (χ2v) is 6.94. The molecule has 0 aliphatic carbocycles. The molecule has 0 spiro atoms. The van der Waals surface area contributed by atoms with E-state index in [1.165, 1.54) is 0 Å². The minimum atomic E-state index is -2.55. The summed E-state index contributed by atoms with van der Waals surface area (Å²) >= 11 is 6.13. The lowest BCUT2D eigenvalue weighted by Crippen LogP contribution is -2.70. The molecule has 0 aromatic heterocycles. The Hall–Kier alpha value is -0.640. The van der Waals surface area contributed by atoms with Crippen LogP contribution >= 0.6 is 11.6 Å². The number of hydrogen-bond acceptors (Lipinski definition) is 12. The number of carbonyl (C=O) groups excluding carboxylic acids is 1. The molecular weight excluding hydrogens is 396 g/mol. The molecule has 12 nitrogen and oxygen atoms in total. The van der Waals surface area contributed by atoms with Crippen molar-refractivity contribution in [2.45, 2.75) is 60.7 Å². The summed E-state index contributed by atoms with van der Waals surface area (Å²) in [6.45, 7) is -1.43. The smallest absolute Gasteiger partial charge is 0.304 e. The van der Waals surface area contributed by atoms with Crippen LogP contribution in [0.25, 0.3) is 0 Å². The lowest BCUT2D eigenvalue weighted by molar-refractivity contribution is -0.392. The van der Waals surface area contributed by atoms with Gasteiger partial charge in [-0.05, 0) is 0 Å². The highest BCUT2D eigenvalue weighted by Gasteiger charge is 2.61. The normalized spacial score (nSPS) is 48.3. The van der Waals surface area contributed by atoms with Crippen LogP contribution in [0, 0.1) is 0 Å². The standard InChI is InChI=1S/C14H23ClO12/c1-5(18)27-14(15)10(22)9(21)7(2-16)25-12(14)26-11-8(20)6(19)3-24-13(11,23)4-17/h6-12,16-17,19-23H,2-4H2,1H3/t6-,7-,8-,9-,10+,11+,12-,13?,14-/m1/s1. The zero-order valence-electron chi connectivity index (χ0n) is 14.2. The van der Waals surface area contributed by atoms with Gasteiger partial charge in [-0.15, -0.1) is 0 Å². The number of ether oxygens (including phenoxy) is 4. The molecule has 0 aromatic carbocycles. The van der Waals surface area contributed by atoms with Crippen molar-refractivity contribution in [3.05, 3.63) is 0 Å². The van der Waals surface area contributed by atoms with E-state index in [0.29, 0.717) is 0 Å². The molecule has 0 amide bonds. The Morgan fingerprint density at radius 3 is 2.37 bits per heavy atom. The van der Waals surface area contributed by atoms with E-state index < -0.39 is 79.6 Å². The Morgan fingerprint density at radius 2 is 1.85 bits per heavy atom. The first-order valence-electron chi connectivity index (χ1n) is 8.00. The van der Waals surface area contributed by atoms with Crippen molar-refractivity contribution in [2.75, 3.05) is 19.8 Å². The van der Waals surface area contributed by atoms with Crippen LogP contribution in [-0.4, -0.2) is 115 Å². The molecule has 2 aliphatic heterocycles. The van der Waals surface area contributed by atoms with E-state index in [1.807, 2.05) is 0 Å². The SMILES string of the molecule is CC(=O)O[C@@]1(Cl)[C@@H](O[C@H]2[C@H](O)[C@H](O)COC2(O)CO)O[C@H](CO)[C@@H](O)[C@@H]1O. The highest BCUT2D eigenvalue weighted by atomic mass is 35.5. The molecule has 7 N–H and O–H groups in total. The van der Waals surface area contributed by atoms with Crippen LogP contribution in [0.3, 0.4) is 0 Å². The summed E-state index contributed by atoms with van der Waals surface area (Å²) in [5.74, 6) is -3.49. The first-order valence-corrected chi connectivity index (χ1v) is 8.37. The van der Waals surface area contributed by atoms with Crippen LogP contribution in [0.1, 0.15) is 6.92 Å². The number of aliphatic hydroxyl groups excluding tert-OH is 6. The van der Waals surface area contributed by atoms with Crippen molar-refractivity contribution in [3.8, 4) is 0 Å². The Labute approximate surface area is 158 Å². The van der Waals surface area contributed by atoms with Gasteiger partial charge in [-0.1, -0.05) is 11.6 Å². The zero-order valence-corrected chi connectivity index (χ0v) is 15.0. The van der Waals surface area contributed by atoms with Crippen molar-refractivity contribution in [3.63, 3.8) is 0 Å². The Kier molecular flexibility index (Phi) is 7.03. The maximum absolute atomic E-state index is 11.4. The first kappa shape index (κ1) is 22.6. The quantitative estimate of drug-likeness (QED) is 0.168. The van der Waals surface area contributed by atoms with E-state index in [9.17, 15) is 40.5 Å². The summed E-state index contributed by atoms with van der Waals surface area (Å²) in [6.07, 6.45) is -12.4. The average molecular weight is 419 g/mol. The van der Waals surface area contributed by atoms with Gasteiger partial charge < -0.3 is 54.7 Å². The van der Waals surface area contributed by atoms with Crippen LogP contribution in [0.15, 0.2) is 0 Å². The largest absolute Gasteiger partial charge is 0.435 e. The molecule has 0 saturated carbocycles. The fourth-order valence-corrected chi connectivity index (χ4v) is 3.19. The van der Waals surface area contributed by atoms with Crippen molar-refractivity contribution < 1.29 is 59.5 Å². The second-order valence-electron chi connectivity index (χ2n) is 6.34. The van der Waals surface area contributed by atoms with Gasteiger partial charge in [0.05, 0.1) is 19.8 Å². The summed E-state index contributed by atoms with van der Waals surface area (Å²) in [4.78, 5) is 11.4. The van der Waals surface area contributed by atoms with Gasteiger partial charge in [0.15, 0.2) is 0 Å². The van der Waals surface area contributed by atoms with Gasteiger partial charge in [0.25, 0.3) is 5.06 Å². The summed E-state index contributed by atoms with van der Waals surface area (Å²) in [7, 11) is 0. The third-order valence-electron chi connectivity index (χ3n) is 4.36.